The largest absolute Gasteiger partial charge is 0.369 e. The van der Waals surface area contributed by atoms with Gasteiger partial charge in [0.15, 0.2) is 0 Å². The molecule has 0 radical (unpaired) electrons. The average molecular weight is 439 g/mol. The molecule has 0 saturated heterocycles. The van der Waals surface area contributed by atoms with Gasteiger partial charge in [0.2, 0.25) is 0 Å². The molecule has 0 unspecified atom stereocenters. The van der Waals surface area contributed by atoms with Crippen LogP contribution in [0.4, 0.5) is 11.4 Å². The normalized spacial score (nSPS) is 14.5. The van der Waals surface area contributed by atoms with Crippen LogP contribution in [-0.2, 0) is 6.54 Å². The number of allylic oxidation sites excluding steroid dienone is 2. The number of hydrogen-bond donors (Lipinski definition) is 2. The SMILES string of the molecule is CN=CNc1c(N=CN(C)C)c(C2=C(Cl)CC=CS2)n(CCCNC)c1C=S. The van der Waals surface area contributed by atoms with Crippen LogP contribution in [0.3, 0.4) is 0 Å². The Bertz CT molecular complexity index is 808. The van der Waals surface area contributed by atoms with Crippen molar-refractivity contribution in [3.63, 3.8) is 0 Å². The van der Waals surface area contributed by atoms with Crippen LogP contribution in [0.15, 0.2) is 26.5 Å². The third kappa shape index (κ3) is 5.47. The number of aromatic nitrogens is 1. The molecular formula is C19H27ClN6S2. The maximum atomic E-state index is 6.63. The first-order chi connectivity index (χ1) is 13.5. The number of nitrogens with one attached hydrogen (secondary N) is 2. The summed E-state index contributed by atoms with van der Waals surface area (Å²) in [6.45, 7) is 1.70. The molecule has 1 aromatic heterocycles. The summed E-state index contributed by atoms with van der Waals surface area (Å²) >= 11 is 13.6. The van der Waals surface area contributed by atoms with Crippen molar-refractivity contribution in [2.24, 2.45) is 9.98 Å². The fraction of sp³-hybridized carbons (Fsp3) is 0.421. The van der Waals surface area contributed by atoms with Crippen molar-refractivity contribution >= 4 is 69.9 Å². The second-order valence-corrected chi connectivity index (χ2v) is 7.96. The van der Waals surface area contributed by atoms with Crippen LogP contribution in [0.2, 0.25) is 0 Å². The monoisotopic (exact) mass is 438 g/mol. The van der Waals surface area contributed by atoms with E-state index in [1.807, 2.05) is 26.0 Å². The lowest BCUT2D eigenvalue weighted by atomic mass is 10.2. The van der Waals surface area contributed by atoms with E-state index in [0.717, 1.165) is 52.2 Å². The Morgan fingerprint density at radius 2 is 2.21 bits per heavy atom. The van der Waals surface area contributed by atoms with Crippen LogP contribution in [-0.4, -0.2) is 62.2 Å². The van der Waals surface area contributed by atoms with Crippen molar-refractivity contribution in [1.82, 2.24) is 14.8 Å². The van der Waals surface area contributed by atoms with Crippen LogP contribution in [0, 0.1) is 0 Å². The highest BCUT2D eigenvalue weighted by atomic mass is 35.5. The van der Waals surface area contributed by atoms with Gasteiger partial charge in [0.25, 0.3) is 0 Å². The summed E-state index contributed by atoms with van der Waals surface area (Å²) in [6.07, 6.45) is 7.18. The zero-order chi connectivity index (χ0) is 20.5. The molecule has 152 valence electrons. The first-order valence-corrected chi connectivity index (χ1v) is 10.7. The predicted octanol–water partition coefficient (Wildman–Crippen LogP) is 4.29. The molecule has 1 aliphatic heterocycles. The minimum absolute atomic E-state index is 0.717. The average Bonchev–Trinajstić information content (AvgIpc) is 2.97. The van der Waals surface area contributed by atoms with Gasteiger partial charge in [-0.1, -0.05) is 41.7 Å². The molecule has 2 heterocycles. The Morgan fingerprint density at radius 1 is 1.43 bits per heavy atom. The van der Waals surface area contributed by atoms with Crippen LogP contribution in [0.25, 0.3) is 4.91 Å². The van der Waals surface area contributed by atoms with E-state index in [0.29, 0.717) is 6.42 Å². The summed E-state index contributed by atoms with van der Waals surface area (Å²) < 4.78 is 2.21. The fourth-order valence-corrected chi connectivity index (χ4v) is 4.22. The first-order valence-electron chi connectivity index (χ1n) is 8.99. The van der Waals surface area contributed by atoms with Gasteiger partial charge in [-0.25, -0.2) is 4.99 Å². The van der Waals surface area contributed by atoms with Crippen molar-refractivity contribution in [1.29, 1.82) is 0 Å². The van der Waals surface area contributed by atoms with Crippen LogP contribution in [0.1, 0.15) is 24.2 Å². The molecule has 0 saturated carbocycles. The van der Waals surface area contributed by atoms with E-state index in [1.165, 1.54) is 0 Å². The quantitative estimate of drug-likeness (QED) is 0.247. The summed E-state index contributed by atoms with van der Waals surface area (Å²) in [6, 6.07) is 0. The molecule has 0 amide bonds. The van der Waals surface area contributed by atoms with Gasteiger partial charge in [0, 0.05) is 44.5 Å². The number of halogens is 1. The highest BCUT2D eigenvalue weighted by molar-refractivity contribution is 8.11. The van der Waals surface area contributed by atoms with Gasteiger partial charge in [-0.15, -0.1) is 0 Å². The fourth-order valence-electron chi connectivity index (χ4n) is 2.80. The summed E-state index contributed by atoms with van der Waals surface area (Å²) in [5, 5.41) is 11.0. The lowest BCUT2D eigenvalue weighted by Gasteiger charge is -2.17. The molecule has 9 heteroatoms. The molecular weight excluding hydrogens is 412 g/mol. The number of aliphatic imine (C=N–C) groups is 2. The Kier molecular flexibility index (Phi) is 9.24. The topological polar surface area (TPSA) is 57.0 Å². The van der Waals surface area contributed by atoms with Gasteiger partial charge >= 0.3 is 0 Å². The van der Waals surface area contributed by atoms with Crippen LogP contribution < -0.4 is 10.6 Å². The van der Waals surface area contributed by atoms with E-state index >= 15 is 0 Å². The molecule has 0 spiro atoms. The van der Waals surface area contributed by atoms with Crippen molar-refractivity contribution < 1.29 is 0 Å². The van der Waals surface area contributed by atoms with Crippen molar-refractivity contribution in [2.75, 3.05) is 40.1 Å². The van der Waals surface area contributed by atoms with Gasteiger partial charge in [-0.05, 0) is 25.4 Å². The smallest absolute Gasteiger partial charge is 0.115 e. The molecule has 0 atom stereocenters. The van der Waals surface area contributed by atoms with Gasteiger partial charge in [0.1, 0.15) is 5.69 Å². The minimum Gasteiger partial charge on any atom is -0.369 e. The van der Waals surface area contributed by atoms with Crippen LogP contribution >= 0.6 is 35.6 Å². The highest BCUT2D eigenvalue weighted by Gasteiger charge is 2.26. The Hall–Kier alpha value is -1.61. The molecule has 2 N–H and O–H groups in total. The number of rotatable bonds is 10. The van der Waals surface area contributed by atoms with Crippen molar-refractivity contribution in [3.05, 3.63) is 27.9 Å². The van der Waals surface area contributed by atoms with E-state index in [-0.39, 0.29) is 0 Å². The van der Waals surface area contributed by atoms with E-state index in [9.17, 15) is 0 Å². The Morgan fingerprint density at radius 3 is 2.82 bits per heavy atom. The zero-order valence-corrected chi connectivity index (χ0v) is 19.1. The molecule has 2 rings (SSSR count). The van der Waals surface area contributed by atoms with E-state index in [4.69, 9.17) is 28.8 Å². The number of hydrogen-bond acceptors (Lipinski definition) is 5. The number of nitrogens with zero attached hydrogens (tertiary/aromatic N) is 4. The first kappa shape index (κ1) is 22.7. The molecule has 28 heavy (non-hydrogen) atoms. The zero-order valence-electron chi connectivity index (χ0n) is 16.7. The molecule has 0 bridgehead atoms. The lowest BCUT2D eigenvalue weighted by molar-refractivity contribution is 0.610. The second kappa shape index (κ2) is 11.4. The summed E-state index contributed by atoms with van der Waals surface area (Å²) in [7, 11) is 7.56. The van der Waals surface area contributed by atoms with Gasteiger partial charge < -0.3 is 20.1 Å². The third-order valence-electron chi connectivity index (χ3n) is 3.99. The van der Waals surface area contributed by atoms with Gasteiger partial charge in [-0.3, -0.25) is 4.99 Å². The van der Waals surface area contributed by atoms with E-state index < -0.39 is 0 Å². The summed E-state index contributed by atoms with van der Waals surface area (Å²) in [5.74, 6) is 0. The summed E-state index contributed by atoms with van der Waals surface area (Å²) in [4.78, 5) is 11.8. The van der Waals surface area contributed by atoms with Crippen molar-refractivity contribution in [3.8, 4) is 0 Å². The maximum Gasteiger partial charge on any atom is 0.115 e. The molecule has 1 aliphatic rings. The standard InChI is InChI=1S/C19H27ClN6S2/c1-21-8-6-9-26-15(11-27)16(23-12-22-2)17(24-13-25(3)4)18(26)19-14(20)7-5-10-28-19/h5,10-13,21H,6-9H2,1-4H3,(H,22,23). The molecule has 0 aliphatic carbocycles. The number of thioether (sulfide) groups is 1. The van der Waals surface area contributed by atoms with Gasteiger partial charge in [-0.2, -0.15) is 0 Å². The van der Waals surface area contributed by atoms with Gasteiger partial charge in [0.05, 0.1) is 34.7 Å². The third-order valence-corrected chi connectivity index (χ3v) is 5.68. The molecule has 0 fully saturated rings. The van der Waals surface area contributed by atoms with E-state index in [2.05, 4.69) is 31.7 Å². The number of anilines is 1. The molecule has 6 nitrogen and oxygen atoms in total. The summed E-state index contributed by atoms with van der Waals surface area (Å²) in [5.41, 5.74) is 3.53. The van der Waals surface area contributed by atoms with Crippen molar-refractivity contribution in [2.45, 2.75) is 19.4 Å². The molecule has 1 aromatic rings. The van der Waals surface area contributed by atoms with Crippen LogP contribution in [0.5, 0.6) is 0 Å². The molecule has 0 aromatic carbocycles. The minimum atomic E-state index is 0.717. The maximum absolute atomic E-state index is 6.63. The predicted molar refractivity (Wildman–Crippen MR) is 130 cm³/mol. The van der Waals surface area contributed by atoms with E-state index in [1.54, 1.807) is 36.9 Å². The number of thiocarbonyl (C=S) groups is 1. The Balaban J connectivity index is 2.74. The Labute approximate surface area is 181 Å². The highest BCUT2D eigenvalue weighted by Crippen LogP contribution is 2.47. The lowest BCUT2D eigenvalue weighted by Crippen LogP contribution is -2.14. The second-order valence-electron chi connectivity index (χ2n) is 6.35.